The summed E-state index contributed by atoms with van der Waals surface area (Å²) in [6, 6.07) is 0. The van der Waals surface area contributed by atoms with Crippen LogP contribution in [-0.2, 0) is 9.59 Å². The first-order valence-corrected chi connectivity index (χ1v) is 5.65. The zero-order valence-electron chi connectivity index (χ0n) is 10.6. The van der Waals surface area contributed by atoms with Gasteiger partial charge in [0.2, 0.25) is 0 Å². The Morgan fingerprint density at radius 2 is 1.41 bits per heavy atom. The molecule has 17 heavy (non-hydrogen) atoms. The standard InChI is InChI=1S/C13H18O4/c1-5-9-6(2)7(3)10(12(14)15)11(8(9)4)13(16)17/h10-11H,5H2,1-4H3,(H,14,15)(H,16,17). The third-order valence-electron chi connectivity index (χ3n) is 3.67. The largest absolute Gasteiger partial charge is 0.481 e. The summed E-state index contributed by atoms with van der Waals surface area (Å²) in [6.45, 7) is 7.26. The maximum Gasteiger partial charge on any atom is 0.311 e. The lowest BCUT2D eigenvalue weighted by atomic mass is 9.72. The Balaban J connectivity index is 3.43. The smallest absolute Gasteiger partial charge is 0.311 e. The van der Waals surface area contributed by atoms with E-state index >= 15 is 0 Å². The molecule has 0 saturated carbocycles. The summed E-state index contributed by atoms with van der Waals surface area (Å²) in [5.74, 6) is -4.01. The monoisotopic (exact) mass is 238 g/mol. The predicted molar refractivity (Wildman–Crippen MR) is 63.6 cm³/mol. The molecule has 1 aliphatic carbocycles. The van der Waals surface area contributed by atoms with Crippen molar-refractivity contribution in [2.45, 2.75) is 34.1 Å². The van der Waals surface area contributed by atoms with E-state index in [1.54, 1.807) is 13.8 Å². The Hall–Kier alpha value is -1.58. The first-order chi connectivity index (χ1) is 7.82. The van der Waals surface area contributed by atoms with Crippen molar-refractivity contribution in [3.63, 3.8) is 0 Å². The topological polar surface area (TPSA) is 74.6 Å². The summed E-state index contributed by atoms with van der Waals surface area (Å²) in [7, 11) is 0. The van der Waals surface area contributed by atoms with E-state index in [9.17, 15) is 19.8 Å². The molecule has 2 unspecified atom stereocenters. The highest BCUT2D eigenvalue weighted by Gasteiger charge is 2.40. The van der Waals surface area contributed by atoms with E-state index < -0.39 is 23.8 Å². The third kappa shape index (κ3) is 2.12. The van der Waals surface area contributed by atoms with E-state index in [4.69, 9.17) is 0 Å². The number of rotatable bonds is 3. The summed E-state index contributed by atoms with van der Waals surface area (Å²) in [5, 5.41) is 18.4. The first kappa shape index (κ1) is 13.5. The summed E-state index contributed by atoms with van der Waals surface area (Å²) in [4.78, 5) is 22.5. The highest BCUT2D eigenvalue weighted by atomic mass is 16.4. The number of aliphatic carboxylic acids is 2. The number of allylic oxidation sites excluding steroid dienone is 2. The number of carbonyl (C=O) groups is 2. The second-order valence-electron chi connectivity index (χ2n) is 4.45. The van der Waals surface area contributed by atoms with E-state index in [2.05, 4.69) is 0 Å². The van der Waals surface area contributed by atoms with Crippen molar-refractivity contribution in [2.24, 2.45) is 11.8 Å². The van der Waals surface area contributed by atoms with Crippen molar-refractivity contribution >= 4 is 11.9 Å². The molecule has 4 nitrogen and oxygen atoms in total. The predicted octanol–water partition coefficient (Wildman–Crippen LogP) is 2.46. The normalized spacial score (nSPS) is 25.2. The molecule has 94 valence electrons. The maximum absolute atomic E-state index is 11.3. The Labute approximate surface area is 101 Å². The van der Waals surface area contributed by atoms with Crippen LogP contribution in [0.4, 0.5) is 0 Å². The molecule has 0 aromatic carbocycles. The van der Waals surface area contributed by atoms with Crippen LogP contribution in [-0.4, -0.2) is 22.2 Å². The van der Waals surface area contributed by atoms with E-state index in [1.165, 1.54) is 0 Å². The van der Waals surface area contributed by atoms with Gasteiger partial charge in [-0.15, -0.1) is 0 Å². The molecule has 0 fully saturated rings. The number of carboxylic acids is 2. The van der Waals surface area contributed by atoms with Crippen LogP contribution in [0.3, 0.4) is 0 Å². The fourth-order valence-corrected chi connectivity index (χ4v) is 2.65. The molecule has 2 atom stereocenters. The Kier molecular flexibility index (Phi) is 3.76. The quantitative estimate of drug-likeness (QED) is 0.792. The highest BCUT2D eigenvalue weighted by Crippen LogP contribution is 2.40. The van der Waals surface area contributed by atoms with Gasteiger partial charge in [-0.1, -0.05) is 18.1 Å². The fraction of sp³-hybridized carbons (Fsp3) is 0.538. The average Bonchev–Trinajstić information content (AvgIpc) is 2.22. The zero-order chi connectivity index (χ0) is 13.3. The summed E-state index contributed by atoms with van der Waals surface area (Å²) < 4.78 is 0. The molecular weight excluding hydrogens is 220 g/mol. The minimum atomic E-state index is -1.07. The molecule has 2 N–H and O–H groups in total. The second-order valence-corrected chi connectivity index (χ2v) is 4.45. The molecule has 1 rings (SSSR count). The van der Waals surface area contributed by atoms with E-state index in [1.807, 2.05) is 13.8 Å². The second kappa shape index (κ2) is 4.73. The molecule has 4 heteroatoms. The van der Waals surface area contributed by atoms with Gasteiger partial charge in [0.1, 0.15) is 0 Å². The van der Waals surface area contributed by atoms with Gasteiger partial charge in [0.25, 0.3) is 0 Å². The van der Waals surface area contributed by atoms with Crippen molar-refractivity contribution in [3.8, 4) is 0 Å². The molecule has 0 radical (unpaired) electrons. The summed E-state index contributed by atoms with van der Waals surface area (Å²) in [6.07, 6.45) is 0.727. The first-order valence-electron chi connectivity index (χ1n) is 5.65. The average molecular weight is 238 g/mol. The fourth-order valence-electron chi connectivity index (χ4n) is 2.65. The van der Waals surface area contributed by atoms with Crippen molar-refractivity contribution in [2.75, 3.05) is 0 Å². The van der Waals surface area contributed by atoms with Crippen LogP contribution in [0.2, 0.25) is 0 Å². The maximum atomic E-state index is 11.3. The van der Waals surface area contributed by atoms with Gasteiger partial charge in [-0.25, -0.2) is 0 Å². The van der Waals surface area contributed by atoms with E-state index in [0.717, 1.165) is 17.6 Å². The molecule has 0 bridgehead atoms. The van der Waals surface area contributed by atoms with Crippen LogP contribution in [0.1, 0.15) is 34.1 Å². The summed E-state index contributed by atoms with van der Waals surface area (Å²) >= 11 is 0. The van der Waals surface area contributed by atoms with Gasteiger partial charge in [-0.3, -0.25) is 9.59 Å². The van der Waals surface area contributed by atoms with Crippen LogP contribution in [0, 0.1) is 11.8 Å². The number of hydrogen-bond donors (Lipinski definition) is 2. The van der Waals surface area contributed by atoms with Gasteiger partial charge in [0.05, 0.1) is 11.8 Å². The van der Waals surface area contributed by atoms with Gasteiger partial charge in [-0.2, -0.15) is 0 Å². The minimum absolute atomic E-state index is 0.660. The van der Waals surface area contributed by atoms with Crippen LogP contribution in [0.15, 0.2) is 22.3 Å². The molecule has 0 aromatic rings. The highest BCUT2D eigenvalue weighted by molar-refractivity contribution is 5.86. The van der Waals surface area contributed by atoms with Gasteiger partial charge >= 0.3 is 11.9 Å². The minimum Gasteiger partial charge on any atom is -0.481 e. The molecule has 0 amide bonds. The molecular formula is C13H18O4. The lowest BCUT2D eigenvalue weighted by Crippen LogP contribution is -2.35. The molecule has 1 aliphatic rings. The number of hydrogen-bond acceptors (Lipinski definition) is 2. The van der Waals surface area contributed by atoms with Crippen LogP contribution in [0.5, 0.6) is 0 Å². The van der Waals surface area contributed by atoms with Crippen molar-refractivity contribution in [1.29, 1.82) is 0 Å². The van der Waals surface area contributed by atoms with Crippen LogP contribution < -0.4 is 0 Å². The van der Waals surface area contributed by atoms with Gasteiger partial charge in [0, 0.05) is 0 Å². The third-order valence-corrected chi connectivity index (χ3v) is 3.67. The van der Waals surface area contributed by atoms with Crippen molar-refractivity contribution in [3.05, 3.63) is 22.3 Å². The Bertz CT molecular complexity index is 429. The number of carboxylic acid groups (broad SMARTS) is 2. The van der Waals surface area contributed by atoms with Crippen LogP contribution in [0.25, 0.3) is 0 Å². The lowest BCUT2D eigenvalue weighted by molar-refractivity contribution is -0.150. The van der Waals surface area contributed by atoms with Crippen molar-refractivity contribution < 1.29 is 19.8 Å². The van der Waals surface area contributed by atoms with E-state index in [0.29, 0.717) is 11.1 Å². The van der Waals surface area contributed by atoms with E-state index in [-0.39, 0.29) is 0 Å². The lowest BCUT2D eigenvalue weighted by Gasteiger charge is -2.31. The SMILES string of the molecule is CCC1=C(C)C(C(=O)O)C(C(=O)O)C(C)=C1C. The Morgan fingerprint density at radius 1 is 1.00 bits per heavy atom. The zero-order valence-corrected chi connectivity index (χ0v) is 10.6. The Morgan fingerprint density at radius 3 is 1.76 bits per heavy atom. The van der Waals surface area contributed by atoms with Crippen molar-refractivity contribution in [1.82, 2.24) is 0 Å². The molecule has 0 aromatic heterocycles. The molecule has 0 saturated heterocycles. The molecule has 0 spiro atoms. The molecule has 0 aliphatic heterocycles. The van der Waals surface area contributed by atoms with Crippen LogP contribution >= 0.6 is 0 Å². The van der Waals surface area contributed by atoms with Gasteiger partial charge in [-0.05, 0) is 38.3 Å². The summed E-state index contributed by atoms with van der Waals surface area (Å²) in [5.41, 5.74) is 3.24. The van der Waals surface area contributed by atoms with Gasteiger partial charge < -0.3 is 10.2 Å². The molecule has 0 heterocycles. The van der Waals surface area contributed by atoms with Gasteiger partial charge in [0.15, 0.2) is 0 Å².